The third kappa shape index (κ3) is 6.06. The molecule has 0 atom stereocenters. The van der Waals surface area contributed by atoms with Crippen LogP contribution in [0.3, 0.4) is 0 Å². The lowest BCUT2D eigenvalue weighted by atomic mass is 10.4. The van der Waals surface area contributed by atoms with E-state index in [2.05, 4.69) is 5.32 Å². The first-order valence-electron chi connectivity index (χ1n) is 6.58. The van der Waals surface area contributed by atoms with Crippen molar-refractivity contribution < 1.29 is 21.6 Å². The van der Waals surface area contributed by atoms with Crippen LogP contribution in [0.1, 0.15) is 25.5 Å². The van der Waals surface area contributed by atoms with E-state index in [0.717, 1.165) is 18.7 Å². The van der Waals surface area contributed by atoms with Crippen LogP contribution in [0.4, 0.5) is 13.2 Å². The molecule has 1 aromatic rings. The number of rotatable bonds is 8. The number of aromatic nitrogens is 1. The minimum atomic E-state index is -4.38. The molecule has 0 aliphatic heterocycles. The first kappa shape index (κ1) is 18.0. The molecule has 0 aliphatic rings. The minimum absolute atomic E-state index is 0.0273. The molecule has 0 saturated heterocycles. The lowest BCUT2D eigenvalue weighted by molar-refractivity contribution is -0.132. The van der Waals surface area contributed by atoms with Crippen LogP contribution in [0.2, 0.25) is 0 Å². The van der Waals surface area contributed by atoms with Crippen LogP contribution in [0.5, 0.6) is 0 Å². The maximum Gasteiger partial charge on any atom is 0.390 e. The van der Waals surface area contributed by atoms with Gasteiger partial charge in [0.2, 0.25) is 10.0 Å². The molecule has 0 aliphatic carbocycles. The lowest BCUT2D eigenvalue weighted by Crippen LogP contribution is -2.27. The number of hydrogen-bond donors (Lipinski definition) is 2. The maximum atomic E-state index is 12.0. The smallest absolute Gasteiger partial charge is 0.352 e. The fraction of sp³-hybridized carbons (Fsp3) is 0.667. The Hall–Kier alpha value is -1.06. The summed E-state index contributed by atoms with van der Waals surface area (Å²) in [6.45, 7) is 2.65. The average molecular weight is 327 g/mol. The van der Waals surface area contributed by atoms with Gasteiger partial charge >= 0.3 is 6.18 Å². The van der Waals surface area contributed by atoms with Crippen molar-refractivity contribution in [1.29, 1.82) is 0 Å². The standard InChI is InChI=1S/C12H20F3N3O2S/c1-3-5-16-8-10-7-11(9-18(10)2)21(19,20)17-6-4-12(13,14)15/h7,9,16-17H,3-6,8H2,1-2H3. The molecule has 0 spiro atoms. The summed E-state index contributed by atoms with van der Waals surface area (Å²) in [6, 6.07) is 1.46. The van der Waals surface area contributed by atoms with Gasteiger partial charge in [-0.3, -0.25) is 0 Å². The molecule has 21 heavy (non-hydrogen) atoms. The predicted molar refractivity (Wildman–Crippen MR) is 73.3 cm³/mol. The van der Waals surface area contributed by atoms with E-state index in [4.69, 9.17) is 0 Å². The molecule has 5 nitrogen and oxygen atoms in total. The average Bonchev–Trinajstić information content (AvgIpc) is 2.70. The number of halogens is 3. The molecule has 1 heterocycles. The first-order valence-corrected chi connectivity index (χ1v) is 8.06. The van der Waals surface area contributed by atoms with Gasteiger partial charge in [0, 0.05) is 32.0 Å². The summed E-state index contributed by atoms with van der Waals surface area (Å²) in [5.74, 6) is 0. The van der Waals surface area contributed by atoms with E-state index in [1.807, 2.05) is 11.6 Å². The number of nitrogens with zero attached hydrogens (tertiary/aromatic N) is 1. The van der Waals surface area contributed by atoms with Gasteiger partial charge in [-0.2, -0.15) is 13.2 Å². The van der Waals surface area contributed by atoms with Gasteiger partial charge < -0.3 is 9.88 Å². The van der Waals surface area contributed by atoms with Crippen molar-refractivity contribution in [2.24, 2.45) is 7.05 Å². The molecule has 1 aromatic heterocycles. The van der Waals surface area contributed by atoms with Crippen molar-refractivity contribution in [3.05, 3.63) is 18.0 Å². The summed E-state index contributed by atoms with van der Waals surface area (Å²) in [6.07, 6.45) is -3.23. The van der Waals surface area contributed by atoms with Crippen LogP contribution in [-0.2, 0) is 23.6 Å². The molecular formula is C12H20F3N3O2S. The molecule has 0 fully saturated rings. The van der Waals surface area contributed by atoms with Gasteiger partial charge in [-0.1, -0.05) is 6.92 Å². The maximum absolute atomic E-state index is 12.0. The Bertz CT molecular complexity index is 553. The van der Waals surface area contributed by atoms with Gasteiger partial charge in [-0.05, 0) is 19.0 Å². The Kier molecular flexibility index (Phi) is 6.24. The summed E-state index contributed by atoms with van der Waals surface area (Å²) in [5.41, 5.74) is 0.750. The highest BCUT2D eigenvalue weighted by Crippen LogP contribution is 2.19. The lowest BCUT2D eigenvalue weighted by Gasteiger charge is -2.07. The summed E-state index contributed by atoms with van der Waals surface area (Å²) in [5, 5.41) is 3.14. The molecule has 1 rings (SSSR count). The Balaban J connectivity index is 2.68. The van der Waals surface area contributed by atoms with Crippen molar-refractivity contribution in [3.8, 4) is 0 Å². The molecule has 122 valence electrons. The zero-order valence-electron chi connectivity index (χ0n) is 12.0. The normalized spacial score (nSPS) is 12.8. The molecular weight excluding hydrogens is 307 g/mol. The number of nitrogens with one attached hydrogen (secondary N) is 2. The Morgan fingerprint density at radius 1 is 1.29 bits per heavy atom. The Labute approximate surface area is 122 Å². The van der Waals surface area contributed by atoms with E-state index in [-0.39, 0.29) is 4.90 Å². The topological polar surface area (TPSA) is 63.1 Å². The molecule has 0 amide bonds. The Morgan fingerprint density at radius 3 is 2.52 bits per heavy atom. The van der Waals surface area contributed by atoms with E-state index in [9.17, 15) is 21.6 Å². The number of hydrogen-bond acceptors (Lipinski definition) is 3. The van der Waals surface area contributed by atoms with Gasteiger partial charge in [0.15, 0.2) is 0 Å². The van der Waals surface area contributed by atoms with Crippen molar-refractivity contribution in [3.63, 3.8) is 0 Å². The molecule has 0 radical (unpaired) electrons. The molecule has 9 heteroatoms. The third-order valence-electron chi connectivity index (χ3n) is 2.83. The van der Waals surface area contributed by atoms with Crippen LogP contribution < -0.4 is 10.0 Å². The molecule has 0 aromatic carbocycles. The second-order valence-electron chi connectivity index (χ2n) is 4.72. The van der Waals surface area contributed by atoms with E-state index in [0.29, 0.717) is 6.54 Å². The number of sulfonamides is 1. The van der Waals surface area contributed by atoms with Crippen molar-refractivity contribution in [2.45, 2.75) is 37.4 Å². The summed E-state index contributed by atoms with van der Waals surface area (Å²) in [7, 11) is -2.22. The second-order valence-corrected chi connectivity index (χ2v) is 6.48. The van der Waals surface area contributed by atoms with Crippen LogP contribution >= 0.6 is 0 Å². The SMILES string of the molecule is CCCNCc1cc(S(=O)(=O)NCCC(F)(F)F)cn1C. The van der Waals surface area contributed by atoms with Gasteiger partial charge in [0.05, 0.1) is 11.3 Å². The fourth-order valence-electron chi connectivity index (χ4n) is 1.70. The van der Waals surface area contributed by atoms with E-state index in [1.54, 1.807) is 11.6 Å². The molecule has 2 N–H and O–H groups in total. The van der Waals surface area contributed by atoms with Crippen molar-refractivity contribution in [2.75, 3.05) is 13.1 Å². The van der Waals surface area contributed by atoms with Crippen LogP contribution in [0.25, 0.3) is 0 Å². The predicted octanol–water partition coefficient (Wildman–Crippen LogP) is 1.76. The minimum Gasteiger partial charge on any atom is -0.352 e. The highest BCUT2D eigenvalue weighted by Gasteiger charge is 2.27. The highest BCUT2D eigenvalue weighted by molar-refractivity contribution is 7.89. The van der Waals surface area contributed by atoms with Crippen LogP contribution in [0.15, 0.2) is 17.2 Å². The zero-order chi connectivity index (χ0) is 16.1. The quantitative estimate of drug-likeness (QED) is 0.715. The van der Waals surface area contributed by atoms with Gasteiger partial charge in [0.1, 0.15) is 0 Å². The van der Waals surface area contributed by atoms with Crippen molar-refractivity contribution in [1.82, 2.24) is 14.6 Å². The molecule has 0 unspecified atom stereocenters. The highest BCUT2D eigenvalue weighted by atomic mass is 32.2. The Morgan fingerprint density at radius 2 is 1.95 bits per heavy atom. The first-order chi connectivity index (χ1) is 9.65. The number of aryl methyl sites for hydroxylation is 1. The van der Waals surface area contributed by atoms with Gasteiger partial charge in [-0.15, -0.1) is 0 Å². The van der Waals surface area contributed by atoms with E-state index < -0.39 is 29.2 Å². The summed E-state index contributed by atoms with van der Waals surface area (Å²) >= 11 is 0. The summed E-state index contributed by atoms with van der Waals surface area (Å²) in [4.78, 5) is -0.0273. The zero-order valence-corrected chi connectivity index (χ0v) is 12.8. The fourth-order valence-corrected chi connectivity index (χ4v) is 2.83. The van der Waals surface area contributed by atoms with E-state index >= 15 is 0 Å². The molecule has 0 bridgehead atoms. The number of alkyl halides is 3. The van der Waals surface area contributed by atoms with Crippen LogP contribution in [0, 0.1) is 0 Å². The largest absolute Gasteiger partial charge is 0.390 e. The third-order valence-corrected chi connectivity index (χ3v) is 4.25. The van der Waals surface area contributed by atoms with E-state index in [1.165, 1.54) is 12.3 Å². The van der Waals surface area contributed by atoms with Gasteiger partial charge in [0.25, 0.3) is 0 Å². The van der Waals surface area contributed by atoms with Gasteiger partial charge in [-0.25, -0.2) is 13.1 Å². The summed E-state index contributed by atoms with van der Waals surface area (Å²) < 4.78 is 63.5. The van der Waals surface area contributed by atoms with Crippen LogP contribution in [-0.4, -0.2) is 32.3 Å². The molecule has 0 saturated carbocycles. The monoisotopic (exact) mass is 327 g/mol. The van der Waals surface area contributed by atoms with Crippen molar-refractivity contribution >= 4 is 10.0 Å². The second kappa shape index (κ2) is 7.28.